The molecule has 0 aliphatic carbocycles. The summed E-state index contributed by atoms with van der Waals surface area (Å²) in [7, 11) is -7.49. The van der Waals surface area contributed by atoms with Crippen LogP contribution in [0.4, 0.5) is 0 Å². The first kappa shape index (κ1) is 20.7. The highest BCUT2D eigenvalue weighted by Gasteiger charge is 2.34. The van der Waals surface area contributed by atoms with Crippen LogP contribution in [0.5, 0.6) is 0 Å². The Morgan fingerprint density at radius 1 is 0.926 bits per heavy atom. The lowest BCUT2D eigenvalue weighted by molar-refractivity contribution is -0.0847. The maximum atomic E-state index is 12.8. The number of rotatable bonds is 4. The molecule has 10 heteroatoms. The quantitative estimate of drug-likeness (QED) is 0.768. The van der Waals surface area contributed by atoms with E-state index in [0.717, 1.165) is 25.9 Å². The van der Waals surface area contributed by atoms with Gasteiger partial charge in [0.25, 0.3) is 0 Å². The maximum absolute atomic E-state index is 12.8. The number of hydrogen-bond donors (Lipinski definition) is 1. The van der Waals surface area contributed by atoms with Crippen LogP contribution in [0.15, 0.2) is 34.1 Å². The molecular formula is C17H27N3O5S2. The smallest absolute Gasteiger partial charge is 0.243 e. The number of sulfonamides is 2. The van der Waals surface area contributed by atoms with Crippen molar-refractivity contribution in [2.24, 2.45) is 5.14 Å². The minimum Gasteiger partial charge on any atom is -0.373 e. The summed E-state index contributed by atoms with van der Waals surface area (Å²) in [5.41, 5.74) is 0. The van der Waals surface area contributed by atoms with Gasteiger partial charge >= 0.3 is 0 Å². The molecule has 2 fully saturated rings. The van der Waals surface area contributed by atoms with Gasteiger partial charge in [-0.3, -0.25) is 4.90 Å². The van der Waals surface area contributed by atoms with Gasteiger partial charge in [-0.05, 0) is 51.0 Å². The largest absolute Gasteiger partial charge is 0.373 e. The van der Waals surface area contributed by atoms with E-state index in [9.17, 15) is 16.8 Å². The molecule has 2 heterocycles. The van der Waals surface area contributed by atoms with Crippen molar-refractivity contribution in [2.75, 3.05) is 26.2 Å². The molecule has 2 N–H and O–H groups in total. The summed E-state index contributed by atoms with van der Waals surface area (Å²) in [6.07, 6.45) is 1.92. The van der Waals surface area contributed by atoms with Gasteiger partial charge in [0.1, 0.15) is 0 Å². The first-order valence-electron chi connectivity index (χ1n) is 9.10. The fraction of sp³-hybridized carbons (Fsp3) is 0.647. The first-order chi connectivity index (χ1) is 12.6. The number of ether oxygens (including phenoxy) is 1. The Morgan fingerprint density at radius 3 is 1.89 bits per heavy atom. The summed E-state index contributed by atoms with van der Waals surface area (Å²) in [5.74, 6) is 0. The van der Waals surface area contributed by atoms with E-state index in [1.54, 1.807) is 0 Å². The topological polar surface area (TPSA) is 110 Å². The van der Waals surface area contributed by atoms with Crippen molar-refractivity contribution in [3.8, 4) is 0 Å². The fourth-order valence-electron chi connectivity index (χ4n) is 3.91. The Kier molecular flexibility index (Phi) is 5.95. The predicted octanol–water partition coefficient (Wildman–Crippen LogP) is 0.596. The van der Waals surface area contributed by atoms with Crippen LogP contribution >= 0.6 is 0 Å². The number of hydrogen-bond acceptors (Lipinski definition) is 6. The van der Waals surface area contributed by atoms with Crippen molar-refractivity contribution < 1.29 is 21.6 Å². The molecule has 1 aromatic rings. The van der Waals surface area contributed by atoms with Crippen LogP contribution in [0.2, 0.25) is 0 Å². The Labute approximate surface area is 161 Å². The molecule has 0 bridgehead atoms. The zero-order valence-corrected chi connectivity index (χ0v) is 17.2. The average Bonchev–Trinajstić information content (AvgIpc) is 2.60. The molecule has 8 nitrogen and oxygen atoms in total. The predicted molar refractivity (Wildman–Crippen MR) is 101 cm³/mol. The van der Waals surface area contributed by atoms with Crippen molar-refractivity contribution in [3.05, 3.63) is 24.3 Å². The van der Waals surface area contributed by atoms with Crippen molar-refractivity contribution in [1.29, 1.82) is 0 Å². The second kappa shape index (κ2) is 7.76. The monoisotopic (exact) mass is 417 g/mol. The summed E-state index contributed by atoms with van der Waals surface area (Å²) in [4.78, 5) is 2.39. The van der Waals surface area contributed by atoms with Gasteiger partial charge in [0.15, 0.2) is 0 Å². The van der Waals surface area contributed by atoms with E-state index in [1.807, 2.05) is 0 Å². The molecule has 2 aliphatic heterocycles. The summed E-state index contributed by atoms with van der Waals surface area (Å²) in [6.45, 7) is 6.77. The van der Waals surface area contributed by atoms with Gasteiger partial charge in [-0.1, -0.05) is 0 Å². The van der Waals surface area contributed by atoms with Crippen molar-refractivity contribution >= 4 is 20.0 Å². The molecule has 2 aliphatic rings. The van der Waals surface area contributed by atoms with E-state index in [2.05, 4.69) is 18.7 Å². The summed E-state index contributed by atoms with van der Waals surface area (Å²) in [5, 5.41) is 5.06. The normalized spacial score (nSPS) is 26.9. The molecule has 0 amide bonds. The van der Waals surface area contributed by atoms with Crippen LogP contribution in [-0.4, -0.2) is 70.5 Å². The number of benzene rings is 1. The number of morpholine rings is 1. The van der Waals surface area contributed by atoms with Crippen LogP contribution in [0, 0.1) is 0 Å². The molecule has 0 aromatic heterocycles. The standard InChI is InChI=1S/C17H27N3O5S2/c1-13-11-19(12-14(2)25-13)15-7-9-20(10-8-15)27(23,24)17-5-3-16(4-6-17)26(18,21)22/h3-6,13-15H,7-12H2,1-2H3,(H2,18,21,22)/t13-,14-/m1/s1. The third-order valence-electron chi connectivity index (χ3n) is 5.18. The van der Waals surface area contributed by atoms with E-state index in [-0.39, 0.29) is 22.0 Å². The second-order valence-corrected chi connectivity index (χ2v) is 10.9. The van der Waals surface area contributed by atoms with Gasteiger partial charge in [0, 0.05) is 32.2 Å². The van der Waals surface area contributed by atoms with Gasteiger partial charge in [0.2, 0.25) is 20.0 Å². The van der Waals surface area contributed by atoms with Gasteiger partial charge in [0.05, 0.1) is 22.0 Å². The average molecular weight is 418 g/mol. The van der Waals surface area contributed by atoms with E-state index in [4.69, 9.17) is 9.88 Å². The molecule has 2 atom stereocenters. The summed E-state index contributed by atoms with van der Waals surface area (Å²) in [6, 6.07) is 5.41. The van der Waals surface area contributed by atoms with Crippen molar-refractivity contribution in [1.82, 2.24) is 9.21 Å². The van der Waals surface area contributed by atoms with Crippen LogP contribution in [0.3, 0.4) is 0 Å². The third-order valence-corrected chi connectivity index (χ3v) is 8.02. The lowest BCUT2D eigenvalue weighted by Gasteiger charge is -2.43. The van der Waals surface area contributed by atoms with Crippen LogP contribution in [0.1, 0.15) is 26.7 Å². The minimum atomic E-state index is -3.84. The van der Waals surface area contributed by atoms with Gasteiger partial charge in [-0.2, -0.15) is 4.31 Å². The van der Waals surface area contributed by atoms with Crippen molar-refractivity contribution in [3.63, 3.8) is 0 Å². The van der Waals surface area contributed by atoms with E-state index in [1.165, 1.54) is 28.6 Å². The highest BCUT2D eigenvalue weighted by atomic mass is 32.2. The second-order valence-electron chi connectivity index (χ2n) is 7.36. The molecule has 2 saturated heterocycles. The molecule has 27 heavy (non-hydrogen) atoms. The number of nitrogens with two attached hydrogens (primary N) is 1. The molecule has 0 radical (unpaired) electrons. The molecular weight excluding hydrogens is 390 g/mol. The number of nitrogens with zero attached hydrogens (tertiary/aromatic N) is 2. The van der Waals surface area contributed by atoms with E-state index < -0.39 is 20.0 Å². The Hall–Kier alpha value is -1.04. The van der Waals surface area contributed by atoms with Crippen LogP contribution in [0.25, 0.3) is 0 Å². The zero-order valence-electron chi connectivity index (χ0n) is 15.6. The zero-order chi connectivity index (χ0) is 19.8. The molecule has 0 spiro atoms. The Bertz CT molecular complexity index is 852. The van der Waals surface area contributed by atoms with Gasteiger partial charge < -0.3 is 4.74 Å². The lowest BCUT2D eigenvalue weighted by Crippen LogP contribution is -2.53. The highest BCUT2D eigenvalue weighted by molar-refractivity contribution is 7.89. The Balaban J connectivity index is 1.66. The van der Waals surface area contributed by atoms with Crippen molar-refractivity contribution in [2.45, 2.75) is 54.7 Å². The van der Waals surface area contributed by atoms with Gasteiger partial charge in [-0.15, -0.1) is 0 Å². The van der Waals surface area contributed by atoms with E-state index in [0.29, 0.717) is 19.1 Å². The van der Waals surface area contributed by atoms with E-state index >= 15 is 0 Å². The molecule has 1 aromatic carbocycles. The molecule has 3 rings (SSSR count). The fourth-order valence-corrected chi connectivity index (χ4v) is 5.90. The highest BCUT2D eigenvalue weighted by Crippen LogP contribution is 2.25. The SMILES string of the molecule is C[C@@H]1CN(C2CCN(S(=O)(=O)c3ccc(S(N)(=O)=O)cc3)CC2)C[C@@H](C)O1. The maximum Gasteiger partial charge on any atom is 0.243 e. The summed E-state index contributed by atoms with van der Waals surface area (Å²) >= 11 is 0. The van der Waals surface area contributed by atoms with Crippen LogP contribution in [-0.2, 0) is 24.8 Å². The Morgan fingerprint density at radius 2 is 1.41 bits per heavy atom. The minimum absolute atomic E-state index is 0.0852. The van der Waals surface area contributed by atoms with Gasteiger partial charge in [-0.25, -0.2) is 22.0 Å². The molecule has 0 saturated carbocycles. The van der Waals surface area contributed by atoms with Crippen LogP contribution < -0.4 is 5.14 Å². The third kappa shape index (κ3) is 4.69. The molecule has 0 unspecified atom stereocenters. The molecule has 152 valence electrons. The summed E-state index contributed by atoms with van der Waals surface area (Å²) < 4.78 is 55.6. The lowest BCUT2D eigenvalue weighted by atomic mass is 10.0. The number of piperidine rings is 1. The number of primary sulfonamides is 1. The first-order valence-corrected chi connectivity index (χ1v) is 12.1.